The van der Waals surface area contributed by atoms with Gasteiger partial charge in [-0.15, -0.1) is 0 Å². The predicted octanol–water partition coefficient (Wildman–Crippen LogP) is 3.65. The van der Waals surface area contributed by atoms with E-state index in [1.165, 1.54) is 0 Å². The average Bonchev–Trinajstić information content (AvgIpc) is 2.38. The molecular formula is C14H13BrN4. The van der Waals surface area contributed by atoms with Gasteiger partial charge >= 0.3 is 0 Å². The lowest BCUT2D eigenvalue weighted by Crippen LogP contribution is -2.03. The Kier molecular flexibility index (Phi) is 2.86. The summed E-state index contributed by atoms with van der Waals surface area (Å²) >= 11 is 3.51. The maximum Gasteiger partial charge on any atom is 0.165 e. The molecule has 0 aliphatic rings. The number of pyridine rings is 1. The lowest BCUT2D eigenvalue weighted by atomic mass is 10.1. The molecule has 2 aromatic heterocycles. The first-order chi connectivity index (χ1) is 9.06. The Morgan fingerprint density at radius 3 is 2.68 bits per heavy atom. The number of anilines is 1. The number of hydrogen-bond acceptors (Lipinski definition) is 4. The molecule has 4 nitrogen and oxygen atoms in total. The van der Waals surface area contributed by atoms with Crippen LogP contribution in [0, 0.1) is 0 Å². The summed E-state index contributed by atoms with van der Waals surface area (Å²) in [5.74, 6) is 1.44. The van der Waals surface area contributed by atoms with E-state index in [4.69, 9.17) is 5.73 Å². The second-order valence-corrected chi connectivity index (χ2v) is 5.65. The van der Waals surface area contributed by atoms with E-state index in [2.05, 4.69) is 30.9 Å². The van der Waals surface area contributed by atoms with Gasteiger partial charge in [0.1, 0.15) is 11.6 Å². The van der Waals surface area contributed by atoms with Gasteiger partial charge in [-0.05, 0) is 28.1 Å². The molecule has 5 heteroatoms. The molecule has 2 heterocycles. The quantitative estimate of drug-likeness (QED) is 0.696. The van der Waals surface area contributed by atoms with Crippen molar-refractivity contribution in [2.24, 2.45) is 0 Å². The normalized spacial score (nSPS) is 11.6. The molecule has 0 saturated carbocycles. The number of nitrogens with zero attached hydrogens (tertiary/aromatic N) is 3. The largest absolute Gasteiger partial charge is 0.383 e. The average molecular weight is 317 g/mol. The molecule has 0 bridgehead atoms. The molecule has 0 aliphatic carbocycles. The second-order valence-electron chi connectivity index (χ2n) is 4.79. The van der Waals surface area contributed by atoms with Crippen molar-refractivity contribution < 1.29 is 0 Å². The number of fused-ring (bicyclic) bond motifs is 2. The van der Waals surface area contributed by atoms with Crippen LogP contribution in [0.15, 0.2) is 28.7 Å². The first-order valence-electron chi connectivity index (χ1n) is 6.08. The highest BCUT2D eigenvalue weighted by Gasteiger charge is 2.11. The van der Waals surface area contributed by atoms with Gasteiger partial charge in [-0.1, -0.05) is 26.0 Å². The van der Waals surface area contributed by atoms with E-state index in [9.17, 15) is 0 Å². The smallest absolute Gasteiger partial charge is 0.165 e. The van der Waals surface area contributed by atoms with Gasteiger partial charge in [0.15, 0.2) is 5.65 Å². The molecule has 2 N–H and O–H groups in total. The number of nitrogen functional groups attached to an aromatic ring is 1. The highest BCUT2D eigenvalue weighted by atomic mass is 79.9. The molecule has 1 aromatic carbocycles. The van der Waals surface area contributed by atoms with Crippen LogP contribution in [-0.4, -0.2) is 15.0 Å². The van der Waals surface area contributed by atoms with Crippen LogP contribution in [0.1, 0.15) is 25.6 Å². The topological polar surface area (TPSA) is 64.7 Å². The number of halogens is 1. The summed E-state index contributed by atoms with van der Waals surface area (Å²) in [5.41, 5.74) is 7.56. The van der Waals surface area contributed by atoms with E-state index >= 15 is 0 Å². The van der Waals surface area contributed by atoms with Gasteiger partial charge in [0, 0.05) is 15.8 Å². The monoisotopic (exact) mass is 316 g/mol. The molecular weight excluding hydrogens is 304 g/mol. The predicted molar refractivity (Wildman–Crippen MR) is 81.0 cm³/mol. The minimum absolute atomic E-state index is 0.225. The zero-order chi connectivity index (χ0) is 13.6. The molecule has 3 aromatic rings. The molecule has 0 spiro atoms. The number of benzene rings is 1. The van der Waals surface area contributed by atoms with Gasteiger partial charge in [0.05, 0.1) is 10.9 Å². The van der Waals surface area contributed by atoms with Crippen LogP contribution < -0.4 is 5.73 Å². The Morgan fingerprint density at radius 2 is 1.95 bits per heavy atom. The van der Waals surface area contributed by atoms with Gasteiger partial charge in [-0.3, -0.25) is 0 Å². The Hall–Kier alpha value is -1.75. The molecule has 0 radical (unpaired) electrons. The van der Waals surface area contributed by atoms with Crippen LogP contribution in [0.5, 0.6) is 0 Å². The van der Waals surface area contributed by atoms with Crippen LogP contribution in [-0.2, 0) is 0 Å². The van der Waals surface area contributed by atoms with Crippen molar-refractivity contribution in [1.29, 1.82) is 0 Å². The number of nitrogens with two attached hydrogens (primary N) is 1. The van der Waals surface area contributed by atoms with Crippen LogP contribution in [0.3, 0.4) is 0 Å². The summed E-state index contributed by atoms with van der Waals surface area (Å²) in [6.45, 7) is 4.08. The molecule has 0 fully saturated rings. The fraction of sp³-hybridized carbons (Fsp3) is 0.214. The second kappa shape index (κ2) is 4.42. The molecule has 96 valence electrons. The van der Waals surface area contributed by atoms with Crippen molar-refractivity contribution in [3.8, 4) is 0 Å². The van der Waals surface area contributed by atoms with E-state index in [1.54, 1.807) is 0 Å². The van der Waals surface area contributed by atoms with Crippen molar-refractivity contribution >= 4 is 43.7 Å². The fourth-order valence-electron chi connectivity index (χ4n) is 2.00. The standard InChI is InChI=1S/C14H13BrN4/c1-7(2)13-18-12(16)9-6-8-4-3-5-10(15)11(8)17-14(9)19-13/h3-7H,1-2H3,(H2,16,17,18,19). The van der Waals surface area contributed by atoms with Crippen LogP contribution in [0.25, 0.3) is 21.9 Å². The summed E-state index contributed by atoms with van der Waals surface area (Å²) in [6, 6.07) is 7.93. The Balaban J connectivity index is 2.42. The third-order valence-corrected chi connectivity index (χ3v) is 3.66. The van der Waals surface area contributed by atoms with Crippen molar-refractivity contribution in [3.05, 3.63) is 34.6 Å². The maximum atomic E-state index is 6.02. The van der Waals surface area contributed by atoms with Crippen molar-refractivity contribution in [3.63, 3.8) is 0 Å². The zero-order valence-corrected chi connectivity index (χ0v) is 12.3. The molecule has 3 rings (SSSR count). The van der Waals surface area contributed by atoms with Crippen LogP contribution in [0.4, 0.5) is 5.82 Å². The van der Waals surface area contributed by atoms with E-state index in [1.807, 2.05) is 38.1 Å². The van der Waals surface area contributed by atoms with Gasteiger partial charge in [-0.25, -0.2) is 15.0 Å². The van der Waals surface area contributed by atoms with E-state index < -0.39 is 0 Å². The maximum absolute atomic E-state index is 6.02. The van der Waals surface area contributed by atoms with Crippen LogP contribution in [0.2, 0.25) is 0 Å². The number of rotatable bonds is 1. The van der Waals surface area contributed by atoms with Crippen LogP contribution >= 0.6 is 15.9 Å². The number of para-hydroxylation sites is 1. The number of aromatic nitrogens is 3. The zero-order valence-electron chi connectivity index (χ0n) is 10.7. The Morgan fingerprint density at radius 1 is 1.16 bits per heavy atom. The summed E-state index contributed by atoms with van der Waals surface area (Å²) in [5, 5.41) is 1.82. The van der Waals surface area contributed by atoms with Gasteiger partial charge < -0.3 is 5.73 Å². The molecule has 19 heavy (non-hydrogen) atoms. The summed E-state index contributed by atoms with van der Waals surface area (Å²) < 4.78 is 0.954. The molecule has 0 unspecified atom stereocenters. The lowest BCUT2D eigenvalue weighted by molar-refractivity contribution is 0.783. The highest BCUT2D eigenvalue weighted by molar-refractivity contribution is 9.10. The lowest BCUT2D eigenvalue weighted by Gasteiger charge is -2.08. The van der Waals surface area contributed by atoms with Crippen molar-refractivity contribution in [2.45, 2.75) is 19.8 Å². The third-order valence-electron chi connectivity index (χ3n) is 3.02. The summed E-state index contributed by atoms with van der Waals surface area (Å²) in [7, 11) is 0. The first kappa shape index (κ1) is 12.3. The van der Waals surface area contributed by atoms with E-state index in [0.717, 1.165) is 26.6 Å². The van der Waals surface area contributed by atoms with E-state index in [0.29, 0.717) is 11.5 Å². The third kappa shape index (κ3) is 2.04. The van der Waals surface area contributed by atoms with E-state index in [-0.39, 0.29) is 5.92 Å². The molecule has 0 amide bonds. The fourth-order valence-corrected chi connectivity index (χ4v) is 2.47. The van der Waals surface area contributed by atoms with Crippen molar-refractivity contribution in [2.75, 3.05) is 5.73 Å². The van der Waals surface area contributed by atoms with Crippen molar-refractivity contribution in [1.82, 2.24) is 15.0 Å². The Bertz CT molecular complexity index is 783. The van der Waals surface area contributed by atoms with Gasteiger partial charge in [-0.2, -0.15) is 0 Å². The first-order valence-corrected chi connectivity index (χ1v) is 6.88. The number of hydrogen-bond donors (Lipinski definition) is 1. The minimum atomic E-state index is 0.225. The minimum Gasteiger partial charge on any atom is -0.383 e. The molecule has 0 aliphatic heterocycles. The highest BCUT2D eigenvalue weighted by Crippen LogP contribution is 2.27. The Labute approximate surface area is 119 Å². The molecule has 0 saturated heterocycles. The van der Waals surface area contributed by atoms with Gasteiger partial charge in [0.25, 0.3) is 0 Å². The van der Waals surface area contributed by atoms with Gasteiger partial charge in [0.2, 0.25) is 0 Å². The summed E-state index contributed by atoms with van der Waals surface area (Å²) in [6.07, 6.45) is 0. The molecule has 0 atom stereocenters. The SMILES string of the molecule is CC(C)c1nc(N)c2cc3cccc(Br)c3nc2n1. The summed E-state index contributed by atoms with van der Waals surface area (Å²) in [4.78, 5) is 13.5.